The normalized spacial score (nSPS) is 9.35. The van der Waals surface area contributed by atoms with E-state index in [1.165, 1.54) is 6.92 Å². The number of carbonyl (C=O) groups excluding carboxylic acids is 1. The largest absolute Gasteiger partial charge is 0.495 e. The van der Waals surface area contributed by atoms with Gasteiger partial charge >= 0.3 is 0 Å². The minimum Gasteiger partial charge on any atom is -0.495 e. The number of anilines is 1. The number of hydrazine groups is 1. The van der Waals surface area contributed by atoms with Gasteiger partial charge in [-0.15, -0.1) is 0 Å². The maximum absolute atomic E-state index is 10.7. The van der Waals surface area contributed by atoms with Gasteiger partial charge in [0.1, 0.15) is 5.75 Å². The molecule has 6 heteroatoms. The highest BCUT2D eigenvalue weighted by atomic mass is 32.1. The molecule has 0 radical (unpaired) electrons. The van der Waals surface area contributed by atoms with Crippen LogP contribution in [0.1, 0.15) is 12.5 Å². The lowest BCUT2D eigenvalue weighted by Gasteiger charge is -2.13. The predicted molar refractivity (Wildman–Crippen MR) is 70.9 cm³/mol. The van der Waals surface area contributed by atoms with Crippen LogP contribution in [0.4, 0.5) is 5.69 Å². The van der Waals surface area contributed by atoms with Gasteiger partial charge in [-0.3, -0.25) is 15.6 Å². The highest BCUT2D eigenvalue weighted by Crippen LogP contribution is 2.24. The Morgan fingerprint density at radius 1 is 1.35 bits per heavy atom. The zero-order chi connectivity index (χ0) is 12.8. The van der Waals surface area contributed by atoms with Crippen LogP contribution in [0.25, 0.3) is 0 Å². The average molecular weight is 253 g/mol. The van der Waals surface area contributed by atoms with E-state index in [1.54, 1.807) is 7.11 Å². The molecule has 0 aliphatic rings. The number of aryl methyl sites for hydroxylation is 1. The SMILES string of the molecule is COc1cc(C)ccc1NC(=S)NNC(C)=O. The lowest BCUT2D eigenvalue weighted by atomic mass is 10.2. The highest BCUT2D eigenvalue weighted by Gasteiger charge is 2.04. The highest BCUT2D eigenvalue weighted by molar-refractivity contribution is 7.80. The van der Waals surface area contributed by atoms with Crippen LogP contribution in [0.3, 0.4) is 0 Å². The molecule has 0 saturated heterocycles. The second-order valence-electron chi connectivity index (χ2n) is 3.46. The molecule has 0 saturated carbocycles. The molecule has 0 aliphatic heterocycles. The molecule has 0 aromatic heterocycles. The standard InChI is InChI=1S/C11H15N3O2S/c1-7-4-5-9(10(6-7)16-3)12-11(17)14-13-8(2)15/h4-6H,1-3H3,(H,13,15)(H2,12,14,17). The second kappa shape index (κ2) is 6.05. The van der Waals surface area contributed by atoms with Crippen molar-refractivity contribution in [3.8, 4) is 5.75 Å². The number of methoxy groups -OCH3 is 1. The maximum atomic E-state index is 10.7. The summed E-state index contributed by atoms with van der Waals surface area (Å²) in [7, 11) is 1.59. The van der Waals surface area contributed by atoms with Gasteiger partial charge in [-0.2, -0.15) is 0 Å². The summed E-state index contributed by atoms with van der Waals surface area (Å²) in [4.78, 5) is 10.7. The van der Waals surface area contributed by atoms with Crippen LogP contribution in [-0.4, -0.2) is 18.1 Å². The fourth-order valence-corrected chi connectivity index (χ4v) is 1.36. The summed E-state index contributed by atoms with van der Waals surface area (Å²) in [5.74, 6) is 0.474. The Balaban J connectivity index is 2.67. The van der Waals surface area contributed by atoms with Crippen molar-refractivity contribution >= 4 is 28.9 Å². The third-order valence-electron chi connectivity index (χ3n) is 1.96. The van der Waals surface area contributed by atoms with Gasteiger partial charge in [0.25, 0.3) is 0 Å². The molecule has 0 spiro atoms. The Morgan fingerprint density at radius 3 is 2.65 bits per heavy atom. The van der Waals surface area contributed by atoms with Gasteiger partial charge in [0.15, 0.2) is 5.11 Å². The average Bonchev–Trinajstić information content (AvgIpc) is 2.28. The van der Waals surface area contributed by atoms with Gasteiger partial charge in [-0.05, 0) is 36.8 Å². The topological polar surface area (TPSA) is 62.4 Å². The summed E-state index contributed by atoms with van der Waals surface area (Å²) in [6.45, 7) is 3.36. The van der Waals surface area contributed by atoms with Crippen molar-refractivity contribution < 1.29 is 9.53 Å². The van der Waals surface area contributed by atoms with Crippen LogP contribution in [0.5, 0.6) is 5.75 Å². The first-order valence-corrected chi connectivity index (χ1v) is 5.42. The van der Waals surface area contributed by atoms with E-state index in [-0.39, 0.29) is 5.91 Å². The van der Waals surface area contributed by atoms with E-state index in [4.69, 9.17) is 17.0 Å². The minimum atomic E-state index is -0.218. The van der Waals surface area contributed by atoms with Gasteiger partial charge in [-0.1, -0.05) is 6.07 Å². The minimum absolute atomic E-state index is 0.218. The van der Waals surface area contributed by atoms with E-state index in [0.29, 0.717) is 10.9 Å². The molecule has 0 unspecified atom stereocenters. The monoisotopic (exact) mass is 253 g/mol. The first-order chi connectivity index (χ1) is 8.02. The molecule has 1 aromatic rings. The van der Waals surface area contributed by atoms with Gasteiger partial charge in [0.2, 0.25) is 5.91 Å². The van der Waals surface area contributed by atoms with Gasteiger partial charge < -0.3 is 10.1 Å². The Morgan fingerprint density at radius 2 is 2.06 bits per heavy atom. The molecule has 0 atom stereocenters. The van der Waals surface area contributed by atoms with Gasteiger partial charge in [-0.25, -0.2) is 0 Å². The van der Waals surface area contributed by atoms with Crippen molar-refractivity contribution in [1.29, 1.82) is 0 Å². The van der Waals surface area contributed by atoms with Gasteiger partial charge in [0, 0.05) is 6.92 Å². The number of thiocarbonyl (C=S) groups is 1. The molecule has 92 valence electrons. The molecule has 17 heavy (non-hydrogen) atoms. The van der Waals surface area contributed by atoms with Crippen LogP contribution in [0, 0.1) is 6.92 Å². The van der Waals surface area contributed by atoms with E-state index in [1.807, 2.05) is 25.1 Å². The molecule has 5 nitrogen and oxygen atoms in total. The number of nitrogens with one attached hydrogen (secondary N) is 3. The third kappa shape index (κ3) is 4.28. The van der Waals surface area contributed by atoms with E-state index in [0.717, 1.165) is 11.3 Å². The fourth-order valence-electron chi connectivity index (χ4n) is 1.20. The Bertz CT molecular complexity index is 435. The molecular formula is C11H15N3O2S. The maximum Gasteiger partial charge on any atom is 0.235 e. The smallest absolute Gasteiger partial charge is 0.235 e. The number of benzene rings is 1. The lowest BCUT2D eigenvalue weighted by Crippen LogP contribution is -2.42. The molecule has 1 amide bonds. The summed E-state index contributed by atoms with van der Waals surface area (Å²) in [6.07, 6.45) is 0. The van der Waals surface area contributed by atoms with Crippen molar-refractivity contribution in [2.24, 2.45) is 0 Å². The molecule has 0 aliphatic carbocycles. The number of hydrogen-bond donors (Lipinski definition) is 3. The summed E-state index contributed by atoms with van der Waals surface area (Å²) in [5, 5.41) is 3.22. The number of carbonyl (C=O) groups is 1. The van der Waals surface area contributed by atoms with Crippen molar-refractivity contribution in [2.75, 3.05) is 12.4 Å². The Labute approximate surface area is 106 Å². The molecule has 1 aromatic carbocycles. The first kappa shape index (κ1) is 13.2. The summed E-state index contributed by atoms with van der Waals surface area (Å²) < 4.78 is 5.22. The number of hydrogen-bond acceptors (Lipinski definition) is 3. The third-order valence-corrected chi connectivity index (χ3v) is 2.16. The fraction of sp³-hybridized carbons (Fsp3) is 0.273. The first-order valence-electron chi connectivity index (χ1n) is 5.01. The molecule has 0 bridgehead atoms. The molecule has 0 heterocycles. The molecular weight excluding hydrogens is 238 g/mol. The van der Waals surface area contributed by atoms with Crippen LogP contribution < -0.4 is 20.9 Å². The summed E-state index contributed by atoms with van der Waals surface area (Å²) in [6, 6.07) is 5.69. The van der Waals surface area contributed by atoms with Crippen molar-refractivity contribution in [1.82, 2.24) is 10.9 Å². The molecule has 0 fully saturated rings. The quantitative estimate of drug-likeness (QED) is 0.548. The zero-order valence-corrected chi connectivity index (χ0v) is 10.8. The van der Waals surface area contributed by atoms with E-state index in [2.05, 4.69) is 16.2 Å². The van der Waals surface area contributed by atoms with Crippen molar-refractivity contribution in [3.63, 3.8) is 0 Å². The predicted octanol–water partition coefficient (Wildman–Crippen LogP) is 1.34. The Kier molecular flexibility index (Phi) is 4.71. The summed E-state index contributed by atoms with van der Waals surface area (Å²) >= 11 is 5.00. The van der Waals surface area contributed by atoms with Crippen molar-refractivity contribution in [2.45, 2.75) is 13.8 Å². The van der Waals surface area contributed by atoms with E-state index < -0.39 is 0 Å². The van der Waals surface area contributed by atoms with Crippen LogP contribution in [0.2, 0.25) is 0 Å². The number of amides is 1. The molecule has 3 N–H and O–H groups in total. The Hall–Kier alpha value is -1.82. The van der Waals surface area contributed by atoms with Crippen LogP contribution in [0.15, 0.2) is 18.2 Å². The van der Waals surface area contributed by atoms with E-state index >= 15 is 0 Å². The van der Waals surface area contributed by atoms with Crippen LogP contribution >= 0.6 is 12.2 Å². The number of rotatable bonds is 2. The zero-order valence-electron chi connectivity index (χ0n) is 9.96. The summed E-state index contributed by atoms with van der Waals surface area (Å²) in [5.41, 5.74) is 6.77. The van der Waals surface area contributed by atoms with E-state index in [9.17, 15) is 4.79 Å². The second-order valence-corrected chi connectivity index (χ2v) is 3.87. The number of ether oxygens (including phenoxy) is 1. The van der Waals surface area contributed by atoms with Gasteiger partial charge in [0.05, 0.1) is 12.8 Å². The van der Waals surface area contributed by atoms with Crippen LogP contribution in [-0.2, 0) is 4.79 Å². The molecule has 1 rings (SSSR count). The van der Waals surface area contributed by atoms with Crippen molar-refractivity contribution in [3.05, 3.63) is 23.8 Å². The lowest BCUT2D eigenvalue weighted by molar-refractivity contribution is -0.119.